The van der Waals surface area contributed by atoms with E-state index in [0.717, 1.165) is 0 Å². The minimum Gasteiger partial charge on any atom is -0.417 e. The molecule has 0 N–H and O–H groups in total. The van der Waals surface area contributed by atoms with Crippen molar-refractivity contribution in [3.63, 3.8) is 0 Å². The lowest BCUT2D eigenvalue weighted by atomic mass is 10.2. The van der Waals surface area contributed by atoms with Crippen molar-refractivity contribution in [3.8, 4) is 5.75 Å². The van der Waals surface area contributed by atoms with Crippen LogP contribution in [-0.2, 0) is 0 Å². The van der Waals surface area contributed by atoms with Gasteiger partial charge in [0.2, 0.25) is 0 Å². The van der Waals surface area contributed by atoms with E-state index < -0.39 is 4.92 Å². The Bertz CT molecular complexity index is 352. The summed E-state index contributed by atoms with van der Waals surface area (Å²) in [6.07, 6.45) is 0.556. The number of nitrogens with zero attached hydrogens (tertiary/aromatic N) is 1. The van der Waals surface area contributed by atoms with Gasteiger partial charge >= 0.3 is 0 Å². The molecular weight excluding hydrogens is 242 g/mol. The fourth-order valence-electron chi connectivity index (χ4n) is 0.801. The molecule has 1 aromatic rings. The van der Waals surface area contributed by atoms with Gasteiger partial charge in [-0.25, -0.2) is 0 Å². The second kappa shape index (κ2) is 3.99. The molecule has 0 unspecified atom stereocenters. The molecule has 0 atom stereocenters. The van der Waals surface area contributed by atoms with Gasteiger partial charge in [-0.15, -0.1) is 0 Å². The van der Waals surface area contributed by atoms with Gasteiger partial charge in [-0.3, -0.25) is 14.9 Å². The zero-order valence-corrected chi connectivity index (χ0v) is 7.85. The smallest absolute Gasteiger partial charge is 0.273 e. The third-order valence-electron chi connectivity index (χ3n) is 1.42. The average molecular weight is 246 g/mol. The second-order valence-corrected chi connectivity index (χ2v) is 2.50. The monoisotopic (exact) mass is 245 g/mol. The zero-order valence-electron chi connectivity index (χ0n) is 6.27. The topological polar surface area (TPSA) is 69.4 Å². The van der Waals surface area contributed by atoms with Gasteiger partial charge in [0.05, 0.1) is 16.6 Å². The highest BCUT2D eigenvalue weighted by molar-refractivity contribution is 9.06. The van der Waals surface area contributed by atoms with Crippen LogP contribution in [0.5, 0.6) is 5.75 Å². The Kier molecular flexibility index (Phi) is 2.97. The number of non-ortho nitro benzene ring substituents is 1. The van der Waals surface area contributed by atoms with Crippen LogP contribution < -0.4 is 3.83 Å². The van der Waals surface area contributed by atoms with Crippen molar-refractivity contribution >= 4 is 28.2 Å². The van der Waals surface area contributed by atoms with Gasteiger partial charge in [-0.1, -0.05) is 0 Å². The summed E-state index contributed by atoms with van der Waals surface area (Å²) in [4.78, 5) is 20.1. The van der Waals surface area contributed by atoms with Crippen molar-refractivity contribution < 1.29 is 13.5 Å². The predicted octanol–water partition coefficient (Wildman–Crippen LogP) is 2.10. The number of carbonyl (C=O) groups is 1. The molecule has 0 radical (unpaired) electrons. The summed E-state index contributed by atoms with van der Waals surface area (Å²) in [7, 11) is 0. The number of nitro groups is 1. The van der Waals surface area contributed by atoms with Crippen LogP contribution in [0.2, 0.25) is 0 Å². The van der Waals surface area contributed by atoms with Crippen molar-refractivity contribution in [3.05, 3.63) is 33.9 Å². The predicted molar refractivity (Wildman–Crippen MR) is 48.0 cm³/mol. The molecule has 0 aliphatic carbocycles. The normalized spacial score (nSPS) is 9.31. The molecule has 13 heavy (non-hydrogen) atoms. The Morgan fingerprint density at radius 2 is 2.23 bits per heavy atom. The molecule has 5 nitrogen and oxygen atoms in total. The molecule has 6 heteroatoms. The fourth-order valence-corrected chi connectivity index (χ4v) is 1.08. The molecule has 0 saturated heterocycles. The molecule has 0 fully saturated rings. The van der Waals surface area contributed by atoms with E-state index in [1.807, 2.05) is 0 Å². The van der Waals surface area contributed by atoms with E-state index in [1.54, 1.807) is 0 Å². The molecule has 0 saturated carbocycles. The Labute approximate surface area is 81.9 Å². The van der Waals surface area contributed by atoms with Gasteiger partial charge in [-0.05, 0) is 6.07 Å². The van der Waals surface area contributed by atoms with E-state index in [4.69, 9.17) is 0 Å². The van der Waals surface area contributed by atoms with E-state index >= 15 is 0 Å². The van der Waals surface area contributed by atoms with Gasteiger partial charge < -0.3 is 3.83 Å². The van der Waals surface area contributed by atoms with Crippen molar-refractivity contribution in [2.45, 2.75) is 0 Å². The highest BCUT2D eigenvalue weighted by Gasteiger charge is 2.10. The van der Waals surface area contributed by atoms with Crippen LogP contribution in [0.4, 0.5) is 5.69 Å². The number of halogens is 1. The molecule has 0 heterocycles. The molecule has 0 bridgehead atoms. The summed E-state index contributed by atoms with van der Waals surface area (Å²) in [5.41, 5.74) is 0.127. The number of nitro benzene ring substituents is 1. The summed E-state index contributed by atoms with van der Waals surface area (Å²) in [5, 5.41) is 10.3. The van der Waals surface area contributed by atoms with Crippen molar-refractivity contribution in [1.29, 1.82) is 0 Å². The zero-order chi connectivity index (χ0) is 9.84. The minimum absolute atomic E-state index is 0.125. The molecule has 0 aromatic heterocycles. The number of rotatable bonds is 3. The van der Waals surface area contributed by atoms with Crippen molar-refractivity contribution in [1.82, 2.24) is 0 Å². The van der Waals surface area contributed by atoms with Gasteiger partial charge in [0.1, 0.15) is 0 Å². The van der Waals surface area contributed by atoms with E-state index in [-0.39, 0.29) is 17.0 Å². The Balaban J connectivity index is 3.20. The van der Waals surface area contributed by atoms with Crippen LogP contribution in [0, 0.1) is 10.1 Å². The first-order valence-corrected chi connectivity index (χ1v) is 3.86. The first-order valence-electron chi connectivity index (χ1n) is 3.21. The highest BCUT2D eigenvalue weighted by Crippen LogP contribution is 2.24. The molecule has 0 aliphatic heterocycles. The van der Waals surface area contributed by atoms with Crippen LogP contribution >= 0.6 is 16.3 Å². The van der Waals surface area contributed by atoms with Gasteiger partial charge in [0.15, 0.2) is 28.3 Å². The quantitative estimate of drug-likeness (QED) is 0.465. The van der Waals surface area contributed by atoms with E-state index in [9.17, 15) is 14.9 Å². The molecule has 0 amide bonds. The fraction of sp³-hybridized carbons (Fsp3) is 0. The molecule has 0 aliphatic rings. The van der Waals surface area contributed by atoms with Crippen molar-refractivity contribution in [2.24, 2.45) is 0 Å². The number of carbonyl (C=O) groups excluding carboxylic acids is 1. The maximum atomic E-state index is 10.4. The third kappa shape index (κ3) is 2.03. The maximum absolute atomic E-state index is 10.4. The summed E-state index contributed by atoms with van der Waals surface area (Å²) in [6, 6.07) is 3.72. The summed E-state index contributed by atoms with van der Waals surface area (Å²) < 4.78 is 4.60. The van der Waals surface area contributed by atoms with E-state index in [1.165, 1.54) is 18.2 Å². The summed E-state index contributed by atoms with van der Waals surface area (Å²) >= 11 is 2.65. The Morgan fingerprint density at radius 3 is 2.69 bits per heavy atom. The van der Waals surface area contributed by atoms with Crippen LogP contribution in [0.25, 0.3) is 0 Å². The minimum atomic E-state index is -0.565. The Hall–Kier alpha value is -1.43. The van der Waals surface area contributed by atoms with Gasteiger partial charge in [-0.2, -0.15) is 0 Å². The number of aldehydes is 1. The van der Waals surface area contributed by atoms with Crippen molar-refractivity contribution in [2.75, 3.05) is 0 Å². The van der Waals surface area contributed by atoms with Gasteiger partial charge in [0.25, 0.3) is 5.69 Å². The molecular formula is C7H4BrNO4. The van der Waals surface area contributed by atoms with Gasteiger partial charge in [0, 0.05) is 6.07 Å². The van der Waals surface area contributed by atoms with Crippen LogP contribution in [0.3, 0.4) is 0 Å². The molecule has 1 rings (SSSR count). The second-order valence-electron chi connectivity index (χ2n) is 2.17. The maximum Gasteiger partial charge on any atom is 0.273 e. The summed E-state index contributed by atoms with van der Waals surface area (Å²) in [5.74, 6) is 0.129. The molecule has 1 aromatic carbocycles. The molecule has 68 valence electrons. The standard InChI is InChI=1S/C7H4BrNO4/c8-13-7-3-6(9(11)12)2-1-5(7)4-10/h1-4H. The first-order chi connectivity index (χ1) is 6.19. The highest BCUT2D eigenvalue weighted by atomic mass is 79.9. The number of hydrogen-bond donors (Lipinski definition) is 0. The molecule has 0 spiro atoms. The SMILES string of the molecule is O=Cc1ccc([N+](=O)[O-])cc1OBr. The third-order valence-corrected chi connectivity index (χ3v) is 1.77. The Morgan fingerprint density at radius 1 is 1.54 bits per heavy atom. The number of hydrogen-bond acceptors (Lipinski definition) is 4. The lowest BCUT2D eigenvalue weighted by Gasteiger charge is -1.99. The first kappa shape index (κ1) is 9.66. The van der Waals surface area contributed by atoms with Crippen LogP contribution in [0.15, 0.2) is 18.2 Å². The summed E-state index contributed by atoms with van der Waals surface area (Å²) in [6.45, 7) is 0. The van der Waals surface area contributed by atoms with E-state index in [0.29, 0.717) is 6.29 Å². The lowest BCUT2D eigenvalue weighted by molar-refractivity contribution is -0.384. The number of benzene rings is 1. The average Bonchev–Trinajstić information content (AvgIpc) is 2.16. The van der Waals surface area contributed by atoms with E-state index in [2.05, 4.69) is 20.1 Å². The largest absolute Gasteiger partial charge is 0.417 e. The van der Waals surface area contributed by atoms with Crippen LogP contribution in [0.1, 0.15) is 10.4 Å². The lowest BCUT2D eigenvalue weighted by Crippen LogP contribution is -1.91. The van der Waals surface area contributed by atoms with Crippen LogP contribution in [-0.4, -0.2) is 11.2 Å².